The topological polar surface area (TPSA) is 93.0 Å². The first-order chi connectivity index (χ1) is 13.7. The number of hydrogen-bond acceptors (Lipinski definition) is 6. The largest absolute Gasteiger partial charge is 0.494 e. The van der Waals surface area contributed by atoms with Crippen LogP contribution >= 0.6 is 0 Å². The minimum Gasteiger partial charge on any atom is -0.494 e. The van der Waals surface area contributed by atoms with Gasteiger partial charge in [-0.05, 0) is 30.2 Å². The molecule has 0 atom stereocenters. The van der Waals surface area contributed by atoms with Gasteiger partial charge in [-0.25, -0.2) is 12.8 Å². The van der Waals surface area contributed by atoms with Crippen LogP contribution in [0.1, 0.15) is 11.1 Å². The first-order valence-corrected chi connectivity index (χ1v) is 10.5. The number of sulfonamides is 1. The molecule has 1 saturated heterocycles. The first-order valence-electron chi connectivity index (χ1n) is 9.02. The summed E-state index contributed by atoms with van der Waals surface area (Å²) in [6.45, 7) is 3.56. The smallest absolute Gasteiger partial charge is 0.270 e. The van der Waals surface area contributed by atoms with Gasteiger partial charge in [0, 0.05) is 44.9 Å². The Kier molecular flexibility index (Phi) is 6.15. The Balaban J connectivity index is 1.69. The predicted octanol–water partition coefficient (Wildman–Crippen LogP) is 2.56. The molecule has 0 saturated carbocycles. The number of nitro groups is 1. The molecule has 2 aromatic rings. The van der Waals surface area contributed by atoms with Crippen LogP contribution in [0, 0.1) is 22.9 Å². The van der Waals surface area contributed by atoms with Gasteiger partial charge in [0.15, 0.2) is 11.6 Å². The summed E-state index contributed by atoms with van der Waals surface area (Å²) in [4.78, 5) is 12.4. The molecule has 1 fully saturated rings. The van der Waals surface area contributed by atoms with Crippen LogP contribution in [0.4, 0.5) is 10.1 Å². The van der Waals surface area contributed by atoms with Crippen molar-refractivity contribution in [3.8, 4) is 5.75 Å². The van der Waals surface area contributed by atoms with Crippen LogP contribution in [0.3, 0.4) is 0 Å². The first kappa shape index (κ1) is 21.2. The Morgan fingerprint density at radius 3 is 2.41 bits per heavy atom. The third-order valence-corrected chi connectivity index (χ3v) is 6.99. The van der Waals surface area contributed by atoms with Gasteiger partial charge in [-0.15, -0.1) is 0 Å². The van der Waals surface area contributed by atoms with Crippen LogP contribution in [-0.2, 0) is 16.6 Å². The summed E-state index contributed by atoms with van der Waals surface area (Å²) >= 11 is 0. The lowest BCUT2D eigenvalue weighted by molar-refractivity contribution is -0.385. The number of aryl methyl sites for hydroxylation is 1. The number of nitrogens with zero attached hydrogens (tertiary/aromatic N) is 3. The number of non-ortho nitro benzene ring substituents is 1. The van der Waals surface area contributed by atoms with Crippen molar-refractivity contribution in [2.45, 2.75) is 18.4 Å². The third-order valence-electron chi connectivity index (χ3n) is 4.95. The molecule has 10 heteroatoms. The Hall–Kier alpha value is -2.56. The van der Waals surface area contributed by atoms with Crippen molar-refractivity contribution in [2.24, 2.45) is 0 Å². The predicted molar refractivity (Wildman–Crippen MR) is 105 cm³/mol. The minimum atomic E-state index is -3.84. The van der Waals surface area contributed by atoms with Gasteiger partial charge in [0.05, 0.1) is 16.9 Å². The maximum Gasteiger partial charge on any atom is 0.270 e. The Labute approximate surface area is 168 Å². The van der Waals surface area contributed by atoms with E-state index < -0.39 is 20.8 Å². The van der Waals surface area contributed by atoms with Crippen LogP contribution in [0.5, 0.6) is 5.75 Å². The van der Waals surface area contributed by atoms with Crippen LogP contribution in [-0.4, -0.2) is 55.8 Å². The number of hydrogen-bond donors (Lipinski definition) is 0. The highest BCUT2D eigenvalue weighted by atomic mass is 32.2. The Bertz CT molecular complexity index is 1020. The molecule has 1 heterocycles. The van der Waals surface area contributed by atoms with Gasteiger partial charge in [-0.1, -0.05) is 12.1 Å². The number of benzene rings is 2. The van der Waals surface area contributed by atoms with E-state index in [9.17, 15) is 22.9 Å². The lowest BCUT2D eigenvalue weighted by atomic mass is 10.2. The molecule has 0 amide bonds. The average Bonchev–Trinajstić information content (AvgIpc) is 2.68. The number of methoxy groups -OCH3 is 1. The molecule has 0 spiro atoms. The summed E-state index contributed by atoms with van der Waals surface area (Å²) in [5.41, 5.74) is 0.982. The fourth-order valence-electron chi connectivity index (χ4n) is 3.31. The number of halogens is 1. The van der Waals surface area contributed by atoms with Crippen LogP contribution in [0.15, 0.2) is 41.3 Å². The van der Waals surface area contributed by atoms with Crippen molar-refractivity contribution in [1.82, 2.24) is 9.21 Å². The van der Waals surface area contributed by atoms with E-state index in [4.69, 9.17) is 4.74 Å². The number of piperazine rings is 1. The molecule has 0 radical (unpaired) electrons. The maximum atomic E-state index is 13.9. The van der Waals surface area contributed by atoms with Gasteiger partial charge in [0.1, 0.15) is 0 Å². The highest BCUT2D eigenvalue weighted by Crippen LogP contribution is 2.26. The number of rotatable bonds is 6. The molecular weight excluding hydrogens is 401 g/mol. The van der Waals surface area contributed by atoms with E-state index in [1.165, 1.54) is 29.6 Å². The molecule has 0 N–H and O–H groups in total. The fourth-order valence-corrected chi connectivity index (χ4v) is 4.98. The molecule has 29 heavy (non-hydrogen) atoms. The average molecular weight is 423 g/mol. The van der Waals surface area contributed by atoms with Crippen molar-refractivity contribution in [3.63, 3.8) is 0 Å². The normalized spacial score (nSPS) is 16.0. The zero-order valence-corrected chi connectivity index (χ0v) is 17.0. The van der Waals surface area contributed by atoms with E-state index in [2.05, 4.69) is 0 Å². The second-order valence-electron chi connectivity index (χ2n) is 6.86. The summed E-state index contributed by atoms with van der Waals surface area (Å²) in [7, 11) is -2.43. The second-order valence-corrected chi connectivity index (χ2v) is 8.76. The standard InChI is InChI=1S/C19H22FN3O5S/c1-14-3-5-16(23(24)25)12-19(14)29(26,27)22-9-7-21(8-10-22)13-15-4-6-18(28-2)17(20)11-15/h3-6,11-12H,7-10,13H2,1-2H3. The van der Waals surface area contributed by atoms with Gasteiger partial charge >= 0.3 is 0 Å². The highest BCUT2D eigenvalue weighted by Gasteiger charge is 2.30. The lowest BCUT2D eigenvalue weighted by Gasteiger charge is -2.34. The zero-order valence-electron chi connectivity index (χ0n) is 16.2. The third kappa shape index (κ3) is 4.55. The van der Waals surface area contributed by atoms with Crippen LogP contribution in [0.25, 0.3) is 0 Å². The SMILES string of the molecule is COc1ccc(CN2CCN(S(=O)(=O)c3cc([N+](=O)[O-])ccc3C)CC2)cc1F. The summed E-state index contributed by atoms with van der Waals surface area (Å²) in [6.07, 6.45) is 0. The molecule has 1 aliphatic heterocycles. The highest BCUT2D eigenvalue weighted by molar-refractivity contribution is 7.89. The van der Waals surface area contributed by atoms with Crippen molar-refractivity contribution < 1.29 is 22.5 Å². The molecule has 3 rings (SSSR count). The van der Waals surface area contributed by atoms with Gasteiger partial charge in [0.2, 0.25) is 10.0 Å². The summed E-state index contributed by atoms with van der Waals surface area (Å²) < 4.78 is 46.1. The van der Waals surface area contributed by atoms with Crippen molar-refractivity contribution >= 4 is 15.7 Å². The molecular formula is C19H22FN3O5S. The molecule has 0 unspecified atom stereocenters. The van der Waals surface area contributed by atoms with E-state index in [1.54, 1.807) is 19.1 Å². The van der Waals surface area contributed by atoms with Gasteiger partial charge in [-0.2, -0.15) is 4.31 Å². The van der Waals surface area contributed by atoms with Crippen molar-refractivity contribution in [1.29, 1.82) is 0 Å². The zero-order chi connectivity index (χ0) is 21.2. The Morgan fingerprint density at radius 1 is 1.14 bits per heavy atom. The van der Waals surface area contributed by atoms with E-state index in [-0.39, 0.29) is 29.4 Å². The fraction of sp³-hybridized carbons (Fsp3) is 0.368. The molecule has 2 aromatic carbocycles. The maximum absolute atomic E-state index is 13.9. The van der Waals surface area contributed by atoms with Crippen LogP contribution < -0.4 is 4.74 Å². The van der Waals surface area contributed by atoms with Crippen molar-refractivity contribution in [2.75, 3.05) is 33.3 Å². The number of ether oxygens (including phenoxy) is 1. The Morgan fingerprint density at radius 2 is 1.83 bits per heavy atom. The monoisotopic (exact) mass is 423 g/mol. The van der Waals surface area contributed by atoms with Gasteiger partial charge in [-0.3, -0.25) is 15.0 Å². The van der Waals surface area contributed by atoms with E-state index in [0.29, 0.717) is 25.2 Å². The molecule has 8 nitrogen and oxygen atoms in total. The van der Waals surface area contributed by atoms with Gasteiger partial charge < -0.3 is 4.74 Å². The molecule has 0 aromatic heterocycles. The molecule has 0 bridgehead atoms. The van der Waals surface area contributed by atoms with E-state index in [1.807, 2.05) is 4.90 Å². The molecule has 0 aliphatic carbocycles. The quantitative estimate of drug-likeness (QED) is 0.524. The lowest BCUT2D eigenvalue weighted by Crippen LogP contribution is -2.48. The summed E-state index contributed by atoms with van der Waals surface area (Å²) in [5.74, 6) is -0.260. The van der Waals surface area contributed by atoms with Crippen LogP contribution in [0.2, 0.25) is 0 Å². The minimum absolute atomic E-state index is 0.0441. The van der Waals surface area contributed by atoms with Crippen molar-refractivity contribution in [3.05, 3.63) is 63.5 Å². The summed E-state index contributed by atoms with van der Waals surface area (Å²) in [5, 5.41) is 11.0. The van der Waals surface area contributed by atoms with E-state index >= 15 is 0 Å². The van der Waals surface area contributed by atoms with Gasteiger partial charge in [0.25, 0.3) is 5.69 Å². The second kappa shape index (κ2) is 8.44. The summed E-state index contributed by atoms with van der Waals surface area (Å²) in [6, 6.07) is 8.60. The molecule has 156 valence electrons. The molecule has 1 aliphatic rings. The van der Waals surface area contributed by atoms with E-state index in [0.717, 1.165) is 11.6 Å². The number of nitro benzene ring substituents is 1.